The Morgan fingerprint density at radius 1 is 0.692 bits per heavy atom. The molecule has 8 heteroatoms. The van der Waals surface area contributed by atoms with Gasteiger partial charge in [0.15, 0.2) is 0 Å². The van der Waals surface area contributed by atoms with Crippen LogP contribution in [-0.2, 0) is 4.74 Å². The Morgan fingerprint density at radius 3 is 1.41 bits per heavy atom. The molecule has 0 radical (unpaired) electrons. The molecule has 0 saturated carbocycles. The van der Waals surface area contributed by atoms with Crippen LogP contribution in [0.5, 0.6) is 17.2 Å². The molecular weight excluding hydrogens is 492 g/mol. The van der Waals surface area contributed by atoms with Gasteiger partial charge in [0.05, 0.1) is 22.8 Å². The molecule has 3 aromatic rings. The van der Waals surface area contributed by atoms with Crippen molar-refractivity contribution in [2.75, 3.05) is 43.6 Å². The van der Waals surface area contributed by atoms with Gasteiger partial charge >= 0.3 is 0 Å². The highest BCUT2D eigenvalue weighted by molar-refractivity contribution is 5.53. The lowest BCUT2D eigenvalue weighted by Gasteiger charge is -2.34. The van der Waals surface area contributed by atoms with Crippen molar-refractivity contribution in [3.05, 3.63) is 96.4 Å². The number of hydrogen-bond donors (Lipinski definition) is 4. The van der Waals surface area contributed by atoms with E-state index in [2.05, 4.69) is 13.8 Å². The lowest BCUT2D eigenvalue weighted by molar-refractivity contribution is -0.0207. The van der Waals surface area contributed by atoms with Crippen LogP contribution >= 0.6 is 0 Å². The highest BCUT2D eigenvalue weighted by atomic mass is 16.5. The van der Waals surface area contributed by atoms with Crippen LogP contribution in [0.4, 0.5) is 17.1 Å². The van der Waals surface area contributed by atoms with E-state index < -0.39 is 5.41 Å². The summed E-state index contributed by atoms with van der Waals surface area (Å²) in [7, 11) is 0. The van der Waals surface area contributed by atoms with Gasteiger partial charge in [0.2, 0.25) is 0 Å². The first-order valence-corrected chi connectivity index (χ1v) is 12.9. The smallest absolute Gasteiger partial charge is 0.142 e. The second-order valence-electron chi connectivity index (χ2n) is 9.79. The molecule has 0 heterocycles. The molecule has 0 atom stereocenters. The number of para-hydroxylation sites is 6. The van der Waals surface area contributed by atoms with E-state index >= 15 is 0 Å². The van der Waals surface area contributed by atoms with E-state index in [9.17, 15) is 0 Å². The van der Waals surface area contributed by atoms with Crippen molar-refractivity contribution in [2.24, 2.45) is 17.1 Å². The van der Waals surface area contributed by atoms with Gasteiger partial charge in [0.1, 0.15) is 54.9 Å². The number of anilines is 3. The minimum absolute atomic E-state index is 0.158. The van der Waals surface area contributed by atoms with Gasteiger partial charge < -0.3 is 41.9 Å². The summed E-state index contributed by atoms with van der Waals surface area (Å²) >= 11 is 0. The van der Waals surface area contributed by atoms with Gasteiger partial charge in [-0.15, -0.1) is 0 Å². The Balaban J connectivity index is 1.97. The number of benzene rings is 3. The third-order valence-electron chi connectivity index (χ3n) is 5.97. The Bertz CT molecular complexity index is 1150. The van der Waals surface area contributed by atoms with E-state index in [-0.39, 0.29) is 32.3 Å². The largest absolute Gasteiger partial charge is 0.491 e. The number of nitrogens with two attached hydrogens (primary N) is 4. The summed E-state index contributed by atoms with van der Waals surface area (Å²) < 4.78 is 25.1. The summed E-state index contributed by atoms with van der Waals surface area (Å²) in [6.45, 7) is 6.62. The molecule has 0 saturated heterocycles. The van der Waals surface area contributed by atoms with E-state index in [1.54, 1.807) is 24.3 Å². The zero-order valence-electron chi connectivity index (χ0n) is 22.9. The molecule has 3 rings (SSSR count). The maximum absolute atomic E-state index is 6.36. The van der Waals surface area contributed by atoms with Crippen LogP contribution in [0.3, 0.4) is 0 Å². The second kappa shape index (κ2) is 13.9. The molecule has 0 aliphatic rings. The first-order valence-electron chi connectivity index (χ1n) is 12.9. The van der Waals surface area contributed by atoms with Gasteiger partial charge in [-0.05, 0) is 55.3 Å². The quantitative estimate of drug-likeness (QED) is 0.123. The van der Waals surface area contributed by atoms with Crippen LogP contribution in [0, 0.1) is 11.3 Å². The summed E-state index contributed by atoms with van der Waals surface area (Å²) in [4.78, 5) is 0. The Morgan fingerprint density at radius 2 is 1.08 bits per heavy atom. The Hall–Kier alpha value is -4.46. The molecule has 0 aromatic heterocycles. The van der Waals surface area contributed by atoms with Crippen LogP contribution in [0.15, 0.2) is 96.4 Å². The van der Waals surface area contributed by atoms with E-state index in [0.29, 0.717) is 45.8 Å². The van der Waals surface area contributed by atoms with Gasteiger partial charge in [-0.25, -0.2) is 0 Å². The van der Waals surface area contributed by atoms with Gasteiger partial charge in [-0.1, -0.05) is 56.3 Å². The third-order valence-corrected chi connectivity index (χ3v) is 5.97. The number of nitrogen functional groups attached to an aromatic ring is 3. The van der Waals surface area contributed by atoms with Gasteiger partial charge in [-0.2, -0.15) is 0 Å². The normalized spacial score (nSPS) is 12.3. The zero-order valence-corrected chi connectivity index (χ0v) is 22.9. The summed E-state index contributed by atoms with van der Waals surface area (Å²) in [5, 5.41) is 0. The third kappa shape index (κ3) is 8.53. The van der Waals surface area contributed by atoms with E-state index in [1.165, 1.54) is 0 Å². The van der Waals surface area contributed by atoms with Gasteiger partial charge in [0, 0.05) is 0 Å². The minimum Gasteiger partial charge on any atom is -0.491 e. The average Bonchev–Trinajstić information content (AvgIpc) is 2.93. The predicted octanol–water partition coefficient (Wildman–Crippen LogP) is 5.38. The predicted molar refractivity (Wildman–Crippen MR) is 158 cm³/mol. The number of hydrogen-bond acceptors (Lipinski definition) is 8. The van der Waals surface area contributed by atoms with Crippen LogP contribution in [-0.4, -0.2) is 26.4 Å². The second-order valence-corrected chi connectivity index (χ2v) is 9.79. The molecule has 0 fully saturated rings. The average molecular weight is 533 g/mol. The number of allylic oxidation sites excluding steroid dienone is 2. The van der Waals surface area contributed by atoms with Crippen molar-refractivity contribution in [2.45, 2.75) is 20.8 Å². The number of rotatable bonds is 14. The summed E-state index contributed by atoms with van der Waals surface area (Å²) in [6.07, 6.45) is 3.78. The summed E-state index contributed by atoms with van der Waals surface area (Å²) in [5.74, 6) is 2.44. The summed E-state index contributed by atoms with van der Waals surface area (Å²) in [6, 6.07) is 21.9. The van der Waals surface area contributed by atoms with Crippen molar-refractivity contribution in [1.29, 1.82) is 0 Å². The van der Waals surface area contributed by atoms with Crippen LogP contribution < -0.4 is 37.1 Å². The minimum atomic E-state index is -0.836. The van der Waals surface area contributed by atoms with Gasteiger partial charge in [0.25, 0.3) is 0 Å². The first-order chi connectivity index (χ1) is 18.7. The maximum atomic E-state index is 6.36. The van der Waals surface area contributed by atoms with Crippen molar-refractivity contribution in [3.63, 3.8) is 0 Å². The molecule has 8 N–H and O–H groups in total. The lowest BCUT2D eigenvalue weighted by atomic mass is 9.91. The SMILES string of the molecule is C/C=C(N)\C(=C/C(C)C)OCC(COc1ccccc1N)(COc1ccccc1N)COc1ccccc1N. The van der Waals surface area contributed by atoms with Crippen LogP contribution in [0.1, 0.15) is 20.8 Å². The van der Waals surface area contributed by atoms with E-state index in [0.717, 1.165) is 0 Å². The molecule has 39 heavy (non-hydrogen) atoms. The van der Waals surface area contributed by atoms with Gasteiger partial charge in [-0.3, -0.25) is 0 Å². The zero-order chi connectivity index (χ0) is 28.3. The molecule has 208 valence electrons. The molecule has 8 nitrogen and oxygen atoms in total. The Kier molecular flexibility index (Phi) is 10.4. The molecule has 0 amide bonds. The van der Waals surface area contributed by atoms with Crippen molar-refractivity contribution < 1.29 is 18.9 Å². The lowest BCUT2D eigenvalue weighted by Crippen LogP contribution is -2.44. The fraction of sp³-hybridized carbons (Fsp3) is 0.290. The molecule has 3 aromatic carbocycles. The number of ether oxygens (including phenoxy) is 4. The fourth-order valence-electron chi connectivity index (χ4n) is 3.68. The fourth-order valence-corrected chi connectivity index (χ4v) is 3.68. The highest BCUT2D eigenvalue weighted by Crippen LogP contribution is 2.31. The highest BCUT2D eigenvalue weighted by Gasteiger charge is 2.36. The van der Waals surface area contributed by atoms with E-state index in [1.807, 2.05) is 67.6 Å². The molecule has 0 bridgehead atoms. The first kappa shape index (κ1) is 29.1. The maximum Gasteiger partial charge on any atom is 0.142 e. The van der Waals surface area contributed by atoms with Crippen LogP contribution in [0.2, 0.25) is 0 Å². The summed E-state index contributed by atoms with van der Waals surface area (Å²) in [5.41, 5.74) is 26.0. The topological polar surface area (TPSA) is 141 Å². The Labute approximate surface area is 231 Å². The molecule has 0 aliphatic carbocycles. The molecule has 0 aliphatic heterocycles. The molecule has 0 spiro atoms. The van der Waals surface area contributed by atoms with E-state index in [4.69, 9.17) is 41.9 Å². The van der Waals surface area contributed by atoms with Crippen LogP contribution in [0.25, 0.3) is 0 Å². The standard InChI is InChI=1S/C31H40N4O4/c1-4-23(32)30(17-22(2)3)39-21-31(18-36-27-14-8-5-11-24(27)33,19-37-28-15-9-6-12-25(28)34)20-38-29-16-10-7-13-26(29)35/h4-17,22H,18-21,32-35H2,1-3H3/b23-4+,30-17+. The van der Waals surface area contributed by atoms with Crippen molar-refractivity contribution in [1.82, 2.24) is 0 Å². The monoisotopic (exact) mass is 532 g/mol. The molecular formula is C31H40N4O4. The van der Waals surface area contributed by atoms with Crippen molar-refractivity contribution in [3.8, 4) is 17.2 Å². The van der Waals surface area contributed by atoms with Crippen molar-refractivity contribution >= 4 is 17.1 Å². The molecule has 0 unspecified atom stereocenters.